The van der Waals surface area contributed by atoms with E-state index in [1.165, 1.54) is 6.08 Å². The molecule has 0 aromatic carbocycles. The van der Waals surface area contributed by atoms with Crippen LogP contribution in [0.3, 0.4) is 0 Å². The molecule has 1 aliphatic rings. The summed E-state index contributed by atoms with van der Waals surface area (Å²) in [6, 6.07) is -1.69. The molecule has 0 N–H and O–H groups in total. The molecule has 2 nitrogen and oxygen atoms in total. The number of hydrogen-bond donors (Lipinski definition) is 0. The van der Waals surface area contributed by atoms with Crippen LogP contribution in [0.4, 0.5) is 13.2 Å². The molecule has 1 saturated heterocycles. The van der Waals surface area contributed by atoms with E-state index in [1.807, 2.05) is 17.0 Å². The Labute approximate surface area is 126 Å². The maximum absolute atomic E-state index is 12.5. The van der Waals surface area contributed by atoms with Gasteiger partial charge in [-0.1, -0.05) is 0 Å². The third-order valence-electron chi connectivity index (χ3n) is 1.70. The average Bonchev–Trinajstić information content (AvgIpc) is 2.42. The molecule has 1 fully saturated rings. The van der Waals surface area contributed by atoms with Gasteiger partial charge in [0.05, 0.1) is 0 Å². The van der Waals surface area contributed by atoms with Crippen molar-refractivity contribution in [2.75, 3.05) is 6.61 Å². The monoisotopic (exact) mass is 343 g/mol. The van der Waals surface area contributed by atoms with Gasteiger partial charge in [-0.2, -0.15) is 0 Å². The van der Waals surface area contributed by atoms with Crippen molar-refractivity contribution in [1.29, 1.82) is 0 Å². The van der Waals surface area contributed by atoms with Crippen LogP contribution >= 0.6 is 0 Å². The van der Waals surface area contributed by atoms with Crippen LogP contribution in [-0.2, 0) is 54.4 Å². The van der Waals surface area contributed by atoms with Crippen LogP contribution < -0.4 is 0 Å². The molecule has 1 rings (SSSR count). The van der Waals surface area contributed by atoms with Crippen molar-refractivity contribution in [3.8, 4) is 0 Å². The van der Waals surface area contributed by atoms with Crippen LogP contribution in [0, 0.1) is 12.8 Å². The Bertz CT molecular complexity index is 316. The second-order valence-corrected chi connectivity index (χ2v) is 3.64. The zero-order chi connectivity index (χ0) is 11.6. The standard InChI is InChI=1S/C9H8F3NO.V.Y/c1-7(2)3-4-13-6-14-5-8(13)9(10,11)12;;/h1,3,8H,5H2,2H3;;/q-2;;. The van der Waals surface area contributed by atoms with Gasteiger partial charge in [0.2, 0.25) is 0 Å². The van der Waals surface area contributed by atoms with Crippen molar-refractivity contribution in [1.82, 2.24) is 4.90 Å². The Hall–Kier alpha value is 0.588. The van der Waals surface area contributed by atoms with E-state index in [9.17, 15) is 13.2 Å². The van der Waals surface area contributed by atoms with Gasteiger partial charge in [0, 0.05) is 32.7 Å². The summed E-state index contributed by atoms with van der Waals surface area (Å²) in [4.78, 5) is 0.885. The molecule has 0 amide bonds. The maximum Gasteiger partial charge on any atom is 0 e. The fourth-order valence-electron chi connectivity index (χ4n) is 0.988. The van der Waals surface area contributed by atoms with Gasteiger partial charge in [0.25, 0.3) is 0 Å². The number of ether oxygens (including phenoxy) is 1. The minimum atomic E-state index is -4.34. The number of nitrogens with zero attached hydrogens (tertiary/aromatic N) is 1. The molecule has 0 spiro atoms. The average molecular weight is 343 g/mol. The Morgan fingerprint density at radius 1 is 1.69 bits per heavy atom. The molecule has 0 aliphatic carbocycles. The molecule has 86 valence electrons. The molecule has 1 aliphatic heterocycles. The Morgan fingerprint density at radius 2 is 2.25 bits per heavy atom. The zero-order valence-electron chi connectivity index (χ0n) is 8.45. The number of halogens is 3. The van der Waals surface area contributed by atoms with Gasteiger partial charge in [-0.3, -0.25) is 0 Å². The molecule has 16 heavy (non-hydrogen) atoms. The molecule has 0 saturated carbocycles. The molecule has 0 aromatic heterocycles. The topological polar surface area (TPSA) is 12.5 Å². The third-order valence-corrected chi connectivity index (χ3v) is 2.24. The first-order valence-electron chi connectivity index (χ1n) is 4.05. The number of rotatable bonds is 2. The minimum Gasteiger partial charge on any atom is 0 e. The quantitative estimate of drug-likeness (QED) is 0.558. The summed E-state index contributed by atoms with van der Waals surface area (Å²) in [7, 11) is 0. The van der Waals surface area contributed by atoms with Crippen molar-refractivity contribution in [2.24, 2.45) is 0 Å². The molecule has 1 radical (unpaired) electrons. The number of hydrogen-bond acceptors (Lipinski definition) is 2. The number of allylic oxidation sites excluding steroid dienone is 2. The van der Waals surface area contributed by atoms with Gasteiger partial charge in [0.15, 0.2) is 0 Å². The van der Waals surface area contributed by atoms with E-state index < -0.39 is 18.8 Å². The van der Waals surface area contributed by atoms with E-state index in [-0.39, 0.29) is 37.2 Å². The molecule has 0 bridgehead atoms. The van der Waals surface area contributed by atoms with Crippen molar-refractivity contribution in [3.63, 3.8) is 0 Å². The van der Waals surface area contributed by atoms with Crippen LogP contribution in [0.15, 0.2) is 11.6 Å². The van der Waals surface area contributed by atoms with Crippen molar-refractivity contribution in [3.05, 3.63) is 24.4 Å². The molecule has 7 heteroatoms. The molecule has 1 unspecified atom stereocenters. The molecular formula is C9H8F3NOVY-2. The Balaban J connectivity index is 0.00000225. The fraction of sp³-hybridized carbons (Fsp3) is 0.444. The summed E-state index contributed by atoms with van der Waals surface area (Å²) in [5.74, 6) is 0. The predicted molar refractivity (Wildman–Crippen MR) is 43.9 cm³/mol. The summed E-state index contributed by atoms with van der Waals surface area (Å²) >= 11 is 1.93. The van der Waals surface area contributed by atoms with Crippen molar-refractivity contribution < 1.29 is 67.6 Å². The Kier molecular flexibility index (Phi) is 6.74. The predicted octanol–water partition coefficient (Wildman–Crippen LogP) is 1.58. The number of alkyl halides is 3. The van der Waals surface area contributed by atoms with Crippen LogP contribution in [0.25, 0.3) is 0 Å². The van der Waals surface area contributed by atoms with E-state index in [0.717, 1.165) is 4.90 Å². The van der Waals surface area contributed by atoms with Gasteiger partial charge >= 0.3 is 94.5 Å². The van der Waals surface area contributed by atoms with Gasteiger partial charge in [0.1, 0.15) is 0 Å². The normalized spacial score (nSPS) is 21.3. The second kappa shape index (κ2) is 6.50. The van der Waals surface area contributed by atoms with E-state index in [4.69, 9.17) is 11.3 Å². The van der Waals surface area contributed by atoms with Gasteiger partial charge < -0.3 is 0 Å². The largest absolute Gasteiger partial charge is 0 e. The maximum atomic E-state index is 12.5. The smallest absolute Gasteiger partial charge is 0 e. The minimum absolute atomic E-state index is 0. The Morgan fingerprint density at radius 3 is 2.69 bits per heavy atom. The van der Waals surface area contributed by atoms with E-state index >= 15 is 0 Å². The van der Waals surface area contributed by atoms with Gasteiger partial charge in [-0.15, -0.1) is 0 Å². The van der Waals surface area contributed by atoms with Crippen LogP contribution in [0.1, 0.15) is 6.92 Å². The van der Waals surface area contributed by atoms with Crippen molar-refractivity contribution in [2.45, 2.75) is 19.1 Å². The summed E-state index contributed by atoms with van der Waals surface area (Å²) in [6.45, 7) is 6.45. The van der Waals surface area contributed by atoms with Crippen molar-refractivity contribution >= 4 is 4.54 Å². The van der Waals surface area contributed by atoms with Gasteiger partial charge in [-0.05, 0) is 0 Å². The van der Waals surface area contributed by atoms with Crippen LogP contribution in [0.2, 0.25) is 0 Å². The molecule has 1 atom stereocenters. The summed E-state index contributed by atoms with van der Waals surface area (Å²) in [5, 5.41) is 0. The molecule has 0 aromatic rings. The SMILES string of the molecule is [CH-]=C(C)C=[C-]N1[C](=[V])OCC1C(F)(F)F.[Y]. The molecular weight excluding hydrogens is 335 g/mol. The van der Waals surface area contributed by atoms with Crippen LogP contribution in [0.5, 0.6) is 0 Å². The zero-order valence-corrected chi connectivity index (χ0v) is 12.7. The van der Waals surface area contributed by atoms with E-state index in [1.54, 1.807) is 6.92 Å². The summed E-state index contributed by atoms with van der Waals surface area (Å²) < 4.78 is 42.3. The molecule has 1 heterocycles. The van der Waals surface area contributed by atoms with Crippen LogP contribution in [-0.4, -0.2) is 28.3 Å². The van der Waals surface area contributed by atoms with E-state index in [0.29, 0.717) is 5.57 Å². The van der Waals surface area contributed by atoms with Gasteiger partial charge in [-0.25, -0.2) is 0 Å². The first-order valence-corrected chi connectivity index (χ1v) is 4.75. The van der Waals surface area contributed by atoms with E-state index in [2.05, 4.69) is 6.20 Å². The first-order chi connectivity index (χ1) is 6.82. The summed E-state index contributed by atoms with van der Waals surface area (Å²) in [6.07, 6.45) is -0.628. The fourth-order valence-corrected chi connectivity index (χ4v) is 1.41. The third kappa shape index (κ3) is 4.46. The first kappa shape index (κ1) is 16.6. The summed E-state index contributed by atoms with van der Waals surface area (Å²) in [5.41, 5.74) is 0.378. The second-order valence-electron chi connectivity index (χ2n) is 3.04.